The van der Waals surface area contributed by atoms with E-state index < -0.39 is 5.41 Å². The Morgan fingerprint density at radius 1 is 0.434 bits per heavy atom. The molecule has 3 heteroatoms. The lowest BCUT2D eigenvalue weighted by molar-refractivity contribution is 0.669. The molecule has 0 bridgehead atoms. The smallest absolute Gasteiger partial charge is 0.0751 e. The summed E-state index contributed by atoms with van der Waals surface area (Å²) in [5.74, 6) is 0. The summed E-state index contributed by atoms with van der Waals surface area (Å²) in [6.45, 7) is 2.18. The second-order valence-electron chi connectivity index (χ2n) is 14.1. The van der Waals surface area contributed by atoms with Crippen LogP contribution in [0.4, 0.5) is 0 Å². The minimum absolute atomic E-state index is 0.517. The molecule has 0 saturated carbocycles. The van der Waals surface area contributed by atoms with Crippen LogP contribution in [0.2, 0.25) is 0 Å². The van der Waals surface area contributed by atoms with Gasteiger partial charge >= 0.3 is 0 Å². The summed E-state index contributed by atoms with van der Waals surface area (Å²) in [5.41, 5.74) is 14.8. The average Bonchev–Trinajstić information content (AvgIpc) is 3.53. The fourth-order valence-electron chi connectivity index (χ4n) is 8.98. The van der Waals surface area contributed by atoms with E-state index in [4.69, 9.17) is 0 Å². The number of hydrogen-bond acceptors (Lipinski definition) is 2. The van der Waals surface area contributed by atoms with Gasteiger partial charge in [-0.25, -0.2) is 0 Å². The van der Waals surface area contributed by atoms with Crippen molar-refractivity contribution < 1.29 is 0 Å². The largest absolute Gasteiger partial charge is 0.309 e. The number of aromatic nitrogens is 1. The van der Waals surface area contributed by atoms with E-state index in [1.165, 1.54) is 97.1 Å². The minimum Gasteiger partial charge on any atom is -0.309 e. The first-order valence-corrected chi connectivity index (χ1v) is 19.8. The number of nitrogens with zero attached hydrogens (tertiary/aromatic N) is 1. The molecule has 9 aromatic rings. The van der Waals surface area contributed by atoms with E-state index in [0.717, 1.165) is 0 Å². The highest BCUT2D eigenvalue weighted by Crippen LogP contribution is 2.64. The summed E-state index contributed by atoms with van der Waals surface area (Å²) in [5, 5.41) is 2.55. The van der Waals surface area contributed by atoms with E-state index >= 15 is 0 Å². The molecule has 0 radical (unpaired) electrons. The van der Waals surface area contributed by atoms with Crippen molar-refractivity contribution in [3.05, 3.63) is 210 Å². The molecule has 1 nitrogen and oxygen atoms in total. The van der Waals surface area contributed by atoms with Gasteiger partial charge < -0.3 is 4.57 Å². The molecule has 1 aromatic heterocycles. The van der Waals surface area contributed by atoms with Crippen molar-refractivity contribution in [3.63, 3.8) is 0 Å². The number of hydrogen-bond donors (Lipinski definition) is 0. The van der Waals surface area contributed by atoms with E-state index in [1.807, 2.05) is 23.5 Å². The zero-order valence-electron chi connectivity index (χ0n) is 29.1. The minimum atomic E-state index is -0.517. The number of para-hydroxylation sites is 1. The SMILES string of the molecule is Cc1ccc2c3ccc(-c4cccc5c4Sc4cccc(-c6ccccc6)c4C54c5ccccc5Sc5ccccc54)cc3n(-c3ccccc3)c2c1. The maximum absolute atomic E-state index is 2.44. The quantitative estimate of drug-likeness (QED) is 0.180. The van der Waals surface area contributed by atoms with Gasteiger partial charge in [-0.3, -0.25) is 0 Å². The fourth-order valence-corrected chi connectivity index (χ4v) is 11.5. The van der Waals surface area contributed by atoms with E-state index in [9.17, 15) is 0 Å². The van der Waals surface area contributed by atoms with Gasteiger partial charge in [0.25, 0.3) is 0 Å². The summed E-state index contributed by atoms with van der Waals surface area (Å²) >= 11 is 3.83. The Balaban J connectivity index is 1.24. The Morgan fingerprint density at radius 2 is 1.02 bits per heavy atom. The van der Waals surface area contributed by atoms with E-state index in [1.54, 1.807) is 0 Å². The number of fused-ring (bicyclic) bond motifs is 11. The molecule has 2 aliphatic heterocycles. The first-order chi connectivity index (χ1) is 26.2. The van der Waals surface area contributed by atoms with Gasteiger partial charge in [0.15, 0.2) is 0 Å². The summed E-state index contributed by atoms with van der Waals surface area (Å²) in [4.78, 5) is 5.25. The molecule has 1 spiro atoms. The van der Waals surface area contributed by atoms with Gasteiger partial charge in [-0.05, 0) is 99.5 Å². The Hall–Kier alpha value is -5.74. The molecular formula is C50H33NS2. The molecule has 0 fully saturated rings. The summed E-state index contributed by atoms with van der Waals surface area (Å²) in [7, 11) is 0. The Bertz CT molecular complexity index is 2860. The number of benzene rings is 8. The van der Waals surface area contributed by atoms with E-state index in [2.05, 4.69) is 193 Å². The van der Waals surface area contributed by atoms with Crippen molar-refractivity contribution in [1.82, 2.24) is 4.57 Å². The standard InChI is InChI=1S/C50H33NS2/c1-32-26-28-38-39-29-27-34(31-44(39)51(43(38)30-32)35-16-6-3-7-17-35)37-19-12-22-42-49(37)53-47-25-13-18-36(33-14-4-2-5-15-33)48(47)50(42)40-20-8-10-23-45(40)52-46-24-11-9-21-41(46)50/h2-31H,1H3. The zero-order valence-corrected chi connectivity index (χ0v) is 30.7. The molecule has 0 N–H and O–H groups in total. The van der Waals surface area contributed by atoms with Crippen LogP contribution in [0, 0.1) is 6.92 Å². The maximum Gasteiger partial charge on any atom is 0.0751 e. The Kier molecular flexibility index (Phi) is 6.92. The average molecular weight is 712 g/mol. The second kappa shape index (κ2) is 11.9. The van der Waals surface area contributed by atoms with Crippen molar-refractivity contribution >= 4 is 45.3 Å². The van der Waals surface area contributed by atoms with E-state index in [0.29, 0.717) is 0 Å². The fraction of sp³-hybridized carbons (Fsp3) is 0.0400. The number of aryl methyl sites for hydroxylation is 1. The third-order valence-corrected chi connectivity index (χ3v) is 13.5. The van der Waals surface area contributed by atoms with Gasteiger partial charge in [-0.15, -0.1) is 0 Å². The molecule has 3 heterocycles. The molecule has 8 aromatic carbocycles. The third-order valence-electron chi connectivity index (χ3n) is 11.2. The monoisotopic (exact) mass is 711 g/mol. The van der Waals surface area contributed by atoms with E-state index in [-0.39, 0.29) is 0 Å². The van der Waals surface area contributed by atoms with Crippen LogP contribution < -0.4 is 0 Å². The normalized spacial score (nSPS) is 13.8. The first kappa shape index (κ1) is 30.8. The molecule has 0 unspecified atom stereocenters. The van der Waals surface area contributed by atoms with Crippen molar-refractivity contribution in [2.75, 3.05) is 0 Å². The predicted octanol–water partition coefficient (Wildman–Crippen LogP) is 13.7. The molecule has 0 aliphatic carbocycles. The van der Waals surface area contributed by atoms with Crippen LogP contribution in [-0.4, -0.2) is 4.57 Å². The first-order valence-electron chi connectivity index (χ1n) is 18.2. The molecular weight excluding hydrogens is 679 g/mol. The van der Waals surface area contributed by atoms with Gasteiger partial charge in [-0.1, -0.05) is 163 Å². The lowest BCUT2D eigenvalue weighted by atomic mass is 9.62. The Labute approximate surface area is 318 Å². The topological polar surface area (TPSA) is 4.93 Å². The van der Waals surface area contributed by atoms with Gasteiger partial charge in [0.05, 0.1) is 16.4 Å². The summed E-state index contributed by atoms with van der Waals surface area (Å²) < 4.78 is 2.44. The summed E-state index contributed by atoms with van der Waals surface area (Å²) in [6, 6.07) is 67.9. The lowest BCUT2D eigenvalue weighted by Crippen LogP contribution is -2.37. The lowest BCUT2D eigenvalue weighted by Gasteiger charge is -2.47. The molecule has 250 valence electrons. The van der Waals surface area contributed by atoms with Crippen molar-refractivity contribution in [1.29, 1.82) is 0 Å². The van der Waals surface area contributed by atoms with Crippen LogP contribution in [0.3, 0.4) is 0 Å². The Morgan fingerprint density at radius 3 is 1.77 bits per heavy atom. The van der Waals surface area contributed by atoms with Crippen LogP contribution in [0.15, 0.2) is 202 Å². The van der Waals surface area contributed by atoms with Crippen molar-refractivity contribution in [2.45, 2.75) is 31.9 Å². The third kappa shape index (κ3) is 4.48. The van der Waals surface area contributed by atoms with Gasteiger partial charge in [0, 0.05) is 36.0 Å². The molecule has 0 amide bonds. The van der Waals surface area contributed by atoms with Crippen LogP contribution in [0.1, 0.15) is 27.8 Å². The molecule has 0 saturated heterocycles. The molecule has 2 aliphatic rings. The summed E-state index contributed by atoms with van der Waals surface area (Å²) in [6.07, 6.45) is 0. The van der Waals surface area contributed by atoms with Crippen molar-refractivity contribution in [3.8, 4) is 27.9 Å². The zero-order chi connectivity index (χ0) is 35.1. The molecule has 0 atom stereocenters. The van der Waals surface area contributed by atoms with Crippen LogP contribution in [0.5, 0.6) is 0 Å². The molecule has 53 heavy (non-hydrogen) atoms. The highest BCUT2D eigenvalue weighted by molar-refractivity contribution is 8.00. The van der Waals surface area contributed by atoms with Crippen LogP contribution in [-0.2, 0) is 5.41 Å². The van der Waals surface area contributed by atoms with Crippen molar-refractivity contribution in [2.24, 2.45) is 0 Å². The van der Waals surface area contributed by atoms with Gasteiger partial charge in [0.2, 0.25) is 0 Å². The molecule has 11 rings (SSSR count). The highest BCUT2D eigenvalue weighted by atomic mass is 32.2. The highest BCUT2D eigenvalue weighted by Gasteiger charge is 2.50. The second-order valence-corrected chi connectivity index (χ2v) is 16.2. The van der Waals surface area contributed by atoms with Gasteiger partial charge in [0.1, 0.15) is 0 Å². The number of rotatable bonds is 3. The predicted molar refractivity (Wildman–Crippen MR) is 223 cm³/mol. The van der Waals surface area contributed by atoms with Gasteiger partial charge in [-0.2, -0.15) is 0 Å². The van der Waals surface area contributed by atoms with Crippen LogP contribution >= 0.6 is 23.5 Å². The van der Waals surface area contributed by atoms with Crippen LogP contribution in [0.25, 0.3) is 49.7 Å². The maximum atomic E-state index is 2.44.